The van der Waals surface area contributed by atoms with Crippen LogP contribution in [-0.2, 0) is 6.42 Å². The minimum Gasteiger partial charge on any atom is -0.396 e. The maximum Gasteiger partial charge on any atom is 0.0624 e. The third-order valence-corrected chi connectivity index (χ3v) is 4.20. The van der Waals surface area contributed by atoms with Crippen molar-refractivity contribution in [3.05, 3.63) is 33.8 Å². The van der Waals surface area contributed by atoms with Gasteiger partial charge in [0.25, 0.3) is 0 Å². The first-order valence-electron chi connectivity index (χ1n) is 5.21. The van der Waals surface area contributed by atoms with Crippen LogP contribution in [0.25, 0.3) is 0 Å². The Bertz CT molecular complexity index is 353. The summed E-state index contributed by atoms with van der Waals surface area (Å²) >= 11 is 12.1. The first-order valence-corrected chi connectivity index (χ1v) is 5.96. The van der Waals surface area contributed by atoms with Crippen molar-refractivity contribution in [2.45, 2.75) is 25.7 Å². The van der Waals surface area contributed by atoms with Crippen LogP contribution >= 0.6 is 23.2 Å². The second-order valence-corrected chi connectivity index (χ2v) is 5.19. The van der Waals surface area contributed by atoms with Crippen molar-refractivity contribution in [2.75, 3.05) is 6.61 Å². The molecule has 1 N–H and O–H groups in total. The van der Waals surface area contributed by atoms with Gasteiger partial charge in [0.1, 0.15) is 0 Å². The lowest BCUT2D eigenvalue weighted by Crippen LogP contribution is -2.35. The Balaban J connectivity index is 2.20. The lowest BCUT2D eigenvalue weighted by molar-refractivity contribution is 0.0450. The largest absolute Gasteiger partial charge is 0.396 e. The Morgan fingerprint density at radius 3 is 2.53 bits per heavy atom. The van der Waals surface area contributed by atoms with Gasteiger partial charge in [-0.1, -0.05) is 41.8 Å². The molecule has 0 radical (unpaired) electrons. The van der Waals surface area contributed by atoms with E-state index < -0.39 is 0 Å². The first-order chi connectivity index (χ1) is 7.17. The molecule has 0 bridgehead atoms. The Kier molecular flexibility index (Phi) is 3.24. The fourth-order valence-electron chi connectivity index (χ4n) is 2.16. The number of benzene rings is 1. The van der Waals surface area contributed by atoms with Crippen molar-refractivity contribution in [3.63, 3.8) is 0 Å². The zero-order chi connectivity index (χ0) is 10.9. The van der Waals surface area contributed by atoms with Gasteiger partial charge in [0, 0.05) is 6.61 Å². The summed E-state index contributed by atoms with van der Waals surface area (Å²) in [6.07, 6.45) is 4.22. The Labute approximate surface area is 100 Å². The van der Waals surface area contributed by atoms with Gasteiger partial charge in [-0.05, 0) is 36.3 Å². The highest BCUT2D eigenvalue weighted by molar-refractivity contribution is 6.42. The summed E-state index contributed by atoms with van der Waals surface area (Å²) < 4.78 is 0. The summed E-state index contributed by atoms with van der Waals surface area (Å²) in [5.74, 6) is 0. The van der Waals surface area contributed by atoms with Crippen LogP contribution in [-0.4, -0.2) is 11.7 Å². The van der Waals surface area contributed by atoms with Gasteiger partial charge in [0.2, 0.25) is 0 Å². The fraction of sp³-hybridized carbons (Fsp3) is 0.500. The topological polar surface area (TPSA) is 20.2 Å². The van der Waals surface area contributed by atoms with E-state index in [0.717, 1.165) is 24.8 Å². The quantitative estimate of drug-likeness (QED) is 0.860. The van der Waals surface area contributed by atoms with E-state index in [0.29, 0.717) is 10.0 Å². The molecule has 1 aromatic rings. The Hall–Kier alpha value is -0.240. The van der Waals surface area contributed by atoms with E-state index in [9.17, 15) is 5.11 Å². The van der Waals surface area contributed by atoms with Gasteiger partial charge in [-0.15, -0.1) is 0 Å². The summed E-state index contributed by atoms with van der Waals surface area (Å²) in [4.78, 5) is 0. The van der Waals surface area contributed by atoms with Crippen LogP contribution in [0, 0.1) is 5.41 Å². The predicted octanol–water partition coefficient (Wildman–Crippen LogP) is 3.70. The van der Waals surface area contributed by atoms with E-state index in [-0.39, 0.29) is 12.0 Å². The molecule has 1 aromatic carbocycles. The molecule has 0 heterocycles. The standard InChI is InChI=1S/C12H14Cl2O/c13-10-4-1-3-9(11(10)14)7-12(8-15)5-2-6-12/h1,3-4,15H,2,5-8H2. The molecule has 0 aromatic heterocycles. The Morgan fingerprint density at radius 1 is 1.27 bits per heavy atom. The molecule has 0 atom stereocenters. The molecule has 15 heavy (non-hydrogen) atoms. The van der Waals surface area contributed by atoms with Gasteiger partial charge in [-0.2, -0.15) is 0 Å². The molecule has 1 aliphatic rings. The molecule has 1 saturated carbocycles. The van der Waals surface area contributed by atoms with Gasteiger partial charge >= 0.3 is 0 Å². The van der Waals surface area contributed by atoms with Crippen molar-refractivity contribution < 1.29 is 5.11 Å². The maximum absolute atomic E-state index is 9.38. The first kappa shape index (κ1) is 11.3. The normalized spacial score (nSPS) is 18.6. The highest BCUT2D eigenvalue weighted by Crippen LogP contribution is 2.44. The zero-order valence-electron chi connectivity index (χ0n) is 8.47. The molecule has 1 fully saturated rings. The molecular formula is C12H14Cl2O. The molecule has 2 rings (SSSR count). The highest BCUT2D eigenvalue weighted by atomic mass is 35.5. The number of aliphatic hydroxyl groups is 1. The predicted molar refractivity (Wildman–Crippen MR) is 63.5 cm³/mol. The van der Waals surface area contributed by atoms with Crippen molar-refractivity contribution in [1.29, 1.82) is 0 Å². The van der Waals surface area contributed by atoms with Crippen molar-refractivity contribution in [3.8, 4) is 0 Å². The minimum absolute atomic E-state index is 0.0638. The van der Waals surface area contributed by atoms with Crippen LogP contribution in [0.1, 0.15) is 24.8 Å². The zero-order valence-corrected chi connectivity index (χ0v) is 9.98. The van der Waals surface area contributed by atoms with Crippen molar-refractivity contribution in [1.82, 2.24) is 0 Å². The van der Waals surface area contributed by atoms with Gasteiger partial charge in [0.15, 0.2) is 0 Å². The average Bonchev–Trinajstić information content (AvgIpc) is 2.18. The van der Waals surface area contributed by atoms with E-state index in [4.69, 9.17) is 23.2 Å². The number of halogens is 2. The van der Waals surface area contributed by atoms with Gasteiger partial charge in [-0.25, -0.2) is 0 Å². The van der Waals surface area contributed by atoms with Gasteiger partial charge < -0.3 is 5.11 Å². The maximum atomic E-state index is 9.38. The highest BCUT2D eigenvalue weighted by Gasteiger charge is 2.36. The molecule has 1 aliphatic carbocycles. The SMILES string of the molecule is OCC1(Cc2cccc(Cl)c2Cl)CCC1. The fourth-order valence-corrected chi connectivity index (χ4v) is 2.54. The molecule has 82 valence electrons. The smallest absolute Gasteiger partial charge is 0.0624 e. The van der Waals surface area contributed by atoms with E-state index >= 15 is 0 Å². The average molecular weight is 245 g/mol. The van der Waals surface area contributed by atoms with Gasteiger partial charge in [-0.3, -0.25) is 0 Å². The van der Waals surface area contributed by atoms with Crippen LogP contribution < -0.4 is 0 Å². The lowest BCUT2D eigenvalue weighted by Gasteiger charge is -2.40. The molecule has 3 heteroatoms. The van der Waals surface area contributed by atoms with Crippen LogP contribution in [0.3, 0.4) is 0 Å². The van der Waals surface area contributed by atoms with E-state index in [2.05, 4.69) is 0 Å². The summed E-state index contributed by atoms with van der Waals surface area (Å²) in [6.45, 7) is 0.246. The van der Waals surface area contributed by atoms with Crippen molar-refractivity contribution >= 4 is 23.2 Å². The minimum atomic E-state index is 0.0638. The molecule has 0 unspecified atom stereocenters. The number of hydrogen-bond donors (Lipinski definition) is 1. The lowest BCUT2D eigenvalue weighted by atomic mass is 9.66. The molecule has 0 aliphatic heterocycles. The summed E-state index contributed by atoms with van der Waals surface area (Å²) in [5, 5.41) is 10.6. The Morgan fingerprint density at radius 2 is 2.00 bits per heavy atom. The monoisotopic (exact) mass is 244 g/mol. The molecule has 0 saturated heterocycles. The van der Waals surface area contributed by atoms with Crippen LogP contribution in [0.2, 0.25) is 10.0 Å². The van der Waals surface area contributed by atoms with Crippen molar-refractivity contribution in [2.24, 2.45) is 5.41 Å². The second kappa shape index (κ2) is 4.32. The summed E-state index contributed by atoms with van der Waals surface area (Å²) in [6, 6.07) is 5.69. The number of aliphatic hydroxyl groups excluding tert-OH is 1. The van der Waals surface area contributed by atoms with Crippen LogP contribution in [0.4, 0.5) is 0 Å². The van der Waals surface area contributed by atoms with E-state index in [1.807, 2.05) is 12.1 Å². The summed E-state index contributed by atoms with van der Waals surface area (Å²) in [7, 11) is 0. The third kappa shape index (κ3) is 2.15. The summed E-state index contributed by atoms with van der Waals surface area (Å²) in [5.41, 5.74) is 1.12. The van der Waals surface area contributed by atoms with E-state index in [1.165, 1.54) is 6.42 Å². The molecular weight excluding hydrogens is 231 g/mol. The molecule has 1 nitrogen and oxygen atoms in total. The number of hydrogen-bond acceptors (Lipinski definition) is 1. The third-order valence-electron chi connectivity index (χ3n) is 3.35. The number of rotatable bonds is 3. The second-order valence-electron chi connectivity index (χ2n) is 4.40. The molecule has 0 spiro atoms. The van der Waals surface area contributed by atoms with E-state index in [1.54, 1.807) is 6.07 Å². The van der Waals surface area contributed by atoms with Gasteiger partial charge in [0.05, 0.1) is 10.0 Å². The van der Waals surface area contributed by atoms with Crippen LogP contribution in [0.5, 0.6) is 0 Å². The van der Waals surface area contributed by atoms with Crippen LogP contribution in [0.15, 0.2) is 18.2 Å². The molecule has 0 amide bonds.